The Morgan fingerprint density at radius 3 is 2.68 bits per heavy atom. The van der Waals surface area contributed by atoms with Crippen LogP contribution in [-0.4, -0.2) is 46.3 Å². The van der Waals surface area contributed by atoms with Crippen LogP contribution in [-0.2, 0) is 19.5 Å². The number of halogens is 1. The second-order valence-corrected chi connectivity index (χ2v) is 6.89. The molecule has 0 saturated heterocycles. The Kier molecular flexibility index (Phi) is 4.21. The molecule has 140 valence electrons. The van der Waals surface area contributed by atoms with Gasteiger partial charge in [-0.05, 0) is 36.2 Å². The normalized spacial score (nSPS) is 13.5. The van der Waals surface area contributed by atoms with E-state index >= 15 is 0 Å². The van der Waals surface area contributed by atoms with Crippen LogP contribution in [0, 0.1) is 0 Å². The summed E-state index contributed by atoms with van der Waals surface area (Å²) in [6, 6.07) is 7.62. The van der Waals surface area contributed by atoms with Crippen LogP contribution in [0.2, 0.25) is 5.02 Å². The molecular weight excluding hydrogens is 378 g/mol. The van der Waals surface area contributed by atoms with Gasteiger partial charge in [0.15, 0.2) is 5.82 Å². The van der Waals surface area contributed by atoms with Crippen LogP contribution < -0.4 is 4.90 Å². The molecule has 0 radical (unpaired) electrons. The van der Waals surface area contributed by atoms with Gasteiger partial charge in [-0.15, -0.1) is 10.2 Å². The molecular formula is C18H16ClN9. The highest BCUT2D eigenvalue weighted by Gasteiger charge is 2.24. The van der Waals surface area contributed by atoms with Gasteiger partial charge in [0.05, 0.1) is 30.3 Å². The van der Waals surface area contributed by atoms with Gasteiger partial charge >= 0.3 is 0 Å². The topological polar surface area (TPSA) is 90.4 Å². The molecule has 0 bridgehead atoms. The highest BCUT2D eigenvalue weighted by Crippen LogP contribution is 2.26. The first-order valence-corrected chi connectivity index (χ1v) is 9.23. The monoisotopic (exact) mass is 393 g/mol. The van der Waals surface area contributed by atoms with E-state index < -0.39 is 0 Å². The molecule has 0 aliphatic carbocycles. The van der Waals surface area contributed by atoms with E-state index in [-0.39, 0.29) is 0 Å². The fraction of sp³-hybridized carbons (Fsp3) is 0.222. The maximum atomic E-state index is 6.08. The molecule has 10 heteroatoms. The Labute approximate surface area is 165 Å². The number of benzene rings is 1. The fourth-order valence-electron chi connectivity index (χ4n) is 3.34. The zero-order chi connectivity index (χ0) is 18.9. The smallest absolute Gasteiger partial charge is 0.232 e. The van der Waals surface area contributed by atoms with E-state index in [9.17, 15) is 0 Å². The van der Waals surface area contributed by atoms with E-state index in [1.807, 2.05) is 35.0 Å². The van der Waals surface area contributed by atoms with Gasteiger partial charge in [0.2, 0.25) is 5.95 Å². The number of hydrogen-bond acceptors (Lipinski definition) is 7. The average molecular weight is 394 g/mol. The van der Waals surface area contributed by atoms with E-state index in [0.717, 1.165) is 36.1 Å². The first-order chi connectivity index (χ1) is 13.8. The number of nitrogens with zero attached hydrogens (tertiary/aromatic N) is 9. The van der Waals surface area contributed by atoms with Gasteiger partial charge in [0.25, 0.3) is 0 Å². The quantitative estimate of drug-likeness (QED) is 0.523. The van der Waals surface area contributed by atoms with Crippen molar-refractivity contribution in [3.63, 3.8) is 0 Å². The molecule has 4 aromatic rings. The molecule has 4 heterocycles. The second-order valence-electron chi connectivity index (χ2n) is 6.45. The number of hydrogen-bond donors (Lipinski definition) is 0. The van der Waals surface area contributed by atoms with Crippen LogP contribution in [0.5, 0.6) is 0 Å². The zero-order valence-corrected chi connectivity index (χ0v) is 15.6. The lowest BCUT2D eigenvalue weighted by molar-refractivity contribution is 0.563. The van der Waals surface area contributed by atoms with Crippen LogP contribution in [0.4, 0.5) is 5.95 Å². The number of anilines is 1. The van der Waals surface area contributed by atoms with Crippen molar-refractivity contribution in [2.45, 2.75) is 19.5 Å². The van der Waals surface area contributed by atoms with Crippen molar-refractivity contribution < 1.29 is 0 Å². The molecule has 28 heavy (non-hydrogen) atoms. The van der Waals surface area contributed by atoms with Crippen LogP contribution in [0.3, 0.4) is 0 Å². The predicted molar refractivity (Wildman–Crippen MR) is 102 cm³/mol. The predicted octanol–water partition coefficient (Wildman–Crippen LogP) is 1.91. The highest BCUT2D eigenvalue weighted by molar-refractivity contribution is 6.30. The molecule has 1 aliphatic heterocycles. The number of aromatic nitrogens is 8. The summed E-state index contributed by atoms with van der Waals surface area (Å²) in [5, 5.41) is 18.0. The summed E-state index contributed by atoms with van der Waals surface area (Å²) in [4.78, 5) is 12.3. The van der Waals surface area contributed by atoms with Gasteiger partial charge in [0, 0.05) is 17.8 Å². The van der Waals surface area contributed by atoms with Gasteiger partial charge < -0.3 is 4.90 Å². The summed E-state index contributed by atoms with van der Waals surface area (Å²) in [5.41, 5.74) is 3.12. The number of rotatable bonds is 4. The Morgan fingerprint density at radius 2 is 1.86 bits per heavy atom. The van der Waals surface area contributed by atoms with E-state index in [4.69, 9.17) is 11.6 Å². The first kappa shape index (κ1) is 16.8. The molecule has 5 rings (SSSR count). The van der Waals surface area contributed by atoms with Crippen LogP contribution >= 0.6 is 11.6 Å². The third kappa shape index (κ3) is 3.09. The van der Waals surface area contributed by atoms with E-state index in [1.165, 1.54) is 5.56 Å². The third-order valence-electron chi connectivity index (χ3n) is 4.70. The summed E-state index contributed by atoms with van der Waals surface area (Å²) < 4.78 is 2.02. The Hall–Kier alpha value is -3.33. The van der Waals surface area contributed by atoms with Crippen molar-refractivity contribution in [1.82, 2.24) is 39.7 Å². The fourth-order valence-corrected chi connectivity index (χ4v) is 3.47. The SMILES string of the molecule is Clc1ccc(-n2c(Cn3nccn3)nnc2N2CCc3cncnc3C2)cc1. The maximum absolute atomic E-state index is 6.08. The summed E-state index contributed by atoms with van der Waals surface area (Å²) in [7, 11) is 0. The van der Waals surface area contributed by atoms with Crippen molar-refractivity contribution in [2.24, 2.45) is 0 Å². The van der Waals surface area contributed by atoms with Gasteiger partial charge in [-0.2, -0.15) is 15.0 Å². The Bertz CT molecular complexity index is 1090. The van der Waals surface area contributed by atoms with E-state index in [1.54, 1.807) is 23.5 Å². The molecule has 3 aromatic heterocycles. The van der Waals surface area contributed by atoms with Crippen molar-refractivity contribution in [1.29, 1.82) is 0 Å². The van der Waals surface area contributed by atoms with E-state index in [0.29, 0.717) is 18.1 Å². The Morgan fingerprint density at radius 1 is 1.04 bits per heavy atom. The standard InChI is InChI=1S/C18H16ClN9/c19-14-1-3-15(4-2-14)28-17(11-27-22-6-7-23-27)24-25-18(28)26-8-5-13-9-20-12-21-16(13)10-26/h1-4,6-7,9,12H,5,8,10-11H2. The lowest BCUT2D eigenvalue weighted by Gasteiger charge is -2.28. The zero-order valence-electron chi connectivity index (χ0n) is 14.9. The lowest BCUT2D eigenvalue weighted by Crippen LogP contribution is -2.33. The molecule has 0 amide bonds. The molecule has 0 atom stereocenters. The minimum atomic E-state index is 0.412. The van der Waals surface area contributed by atoms with Crippen LogP contribution in [0.15, 0.2) is 49.2 Å². The van der Waals surface area contributed by atoms with Gasteiger partial charge in [-0.25, -0.2) is 9.97 Å². The first-order valence-electron chi connectivity index (χ1n) is 8.85. The Balaban J connectivity index is 1.56. The second kappa shape index (κ2) is 7.01. The summed E-state index contributed by atoms with van der Waals surface area (Å²) in [6.45, 7) is 1.88. The minimum absolute atomic E-state index is 0.412. The summed E-state index contributed by atoms with van der Waals surface area (Å²) in [6.07, 6.45) is 7.62. The third-order valence-corrected chi connectivity index (χ3v) is 4.96. The molecule has 1 aromatic carbocycles. The summed E-state index contributed by atoms with van der Waals surface area (Å²) >= 11 is 6.08. The number of fused-ring (bicyclic) bond motifs is 1. The molecule has 9 nitrogen and oxygen atoms in total. The molecule has 0 fully saturated rings. The van der Waals surface area contributed by atoms with Crippen LogP contribution in [0.25, 0.3) is 5.69 Å². The maximum Gasteiger partial charge on any atom is 0.232 e. The molecule has 0 saturated carbocycles. The lowest BCUT2D eigenvalue weighted by atomic mass is 10.1. The molecule has 0 unspecified atom stereocenters. The summed E-state index contributed by atoms with van der Waals surface area (Å²) in [5.74, 6) is 1.50. The molecule has 1 aliphatic rings. The van der Waals surface area contributed by atoms with Crippen molar-refractivity contribution >= 4 is 17.5 Å². The van der Waals surface area contributed by atoms with Gasteiger partial charge in [0.1, 0.15) is 12.9 Å². The largest absolute Gasteiger partial charge is 0.334 e. The van der Waals surface area contributed by atoms with Crippen molar-refractivity contribution in [3.8, 4) is 5.69 Å². The van der Waals surface area contributed by atoms with Crippen molar-refractivity contribution in [2.75, 3.05) is 11.4 Å². The minimum Gasteiger partial charge on any atom is -0.334 e. The van der Waals surface area contributed by atoms with Gasteiger partial charge in [-0.1, -0.05) is 11.6 Å². The highest BCUT2D eigenvalue weighted by atomic mass is 35.5. The van der Waals surface area contributed by atoms with Gasteiger partial charge in [-0.3, -0.25) is 4.57 Å². The molecule has 0 N–H and O–H groups in total. The van der Waals surface area contributed by atoms with E-state index in [2.05, 4.69) is 35.3 Å². The van der Waals surface area contributed by atoms with Crippen LogP contribution in [0.1, 0.15) is 17.1 Å². The van der Waals surface area contributed by atoms with Crippen molar-refractivity contribution in [3.05, 3.63) is 71.3 Å². The molecule has 0 spiro atoms. The average Bonchev–Trinajstić information content (AvgIpc) is 3.39.